The van der Waals surface area contributed by atoms with Gasteiger partial charge < -0.3 is 14.9 Å². The molecule has 29 heavy (non-hydrogen) atoms. The number of carbonyl (C=O) groups excluding carboxylic acids is 1. The van der Waals surface area contributed by atoms with E-state index in [9.17, 15) is 24.8 Å². The number of nitrogens with zero attached hydrogens (tertiary/aromatic N) is 3. The van der Waals surface area contributed by atoms with E-state index in [2.05, 4.69) is 0 Å². The highest BCUT2D eigenvalue weighted by molar-refractivity contribution is 5.96. The topological polar surface area (TPSA) is 104 Å². The largest absolute Gasteiger partial charge is 0.481 e. The van der Waals surface area contributed by atoms with Crippen LogP contribution in [-0.4, -0.2) is 46.4 Å². The molecule has 0 radical (unpaired) electrons. The predicted octanol–water partition coefficient (Wildman–Crippen LogP) is 3.02. The molecule has 8 nitrogen and oxygen atoms in total. The van der Waals surface area contributed by atoms with Gasteiger partial charge in [0.2, 0.25) is 0 Å². The molecule has 150 valence electrons. The third-order valence-corrected chi connectivity index (χ3v) is 5.65. The molecule has 1 N–H and O–H groups in total. The summed E-state index contributed by atoms with van der Waals surface area (Å²) in [5.41, 5.74) is 2.12. The fourth-order valence-electron chi connectivity index (χ4n) is 4.18. The fraction of sp³-hybridized carbons (Fsp3) is 0.333. The maximum atomic E-state index is 13.1. The van der Waals surface area contributed by atoms with Crippen molar-refractivity contribution in [1.82, 2.24) is 4.90 Å². The monoisotopic (exact) mass is 395 g/mol. The number of rotatable bonds is 4. The molecule has 8 heteroatoms. The van der Waals surface area contributed by atoms with E-state index >= 15 is 0 Å². The summed E-state index contributed by atoms with van der Waals surface area (Å²) in [5.74, 6) is -2.21. The average Bonchev–Trinajstić information content (AvgIpc) is 3.26. The average molecular weight is 395 g/mol. The highest BCUT2D eigenvalue weighted by Crippen LogP contribution is 2.33. The number of carboxylic acid groups (broad SMARTS) is 1. The summed E-state index contributed by atoms with van der Waals surface area (Å²) in [6.45, 7) is 1.84. The molecular formula is C21H21N3O5. The summed E-state index contributed by atoms with van der Waals surface area (Å²) < 4.78 is 0. The van der Waals surface area contributed by atoms with Crippen molar-refractivity contribution >= 4 is 23.3 Å². The van der Waals surface area contributed by atoms with Crippen LogP contribution < -0.4 is 4.90 Å². The van der Waals surface area contributed by atoms with Crippen molar-refractivity contribution in [3.63, 3.8) is 0 Å². The van der Waals surface area contributed by atoms with Gasteiger partial charge in [-0.15, -0.1) is 0 Å². The van der Waals surface area contributed by atoms with Crippen molar-refractivity contribution in [2.75, 3.05) is 24.5 Å². The third-order valence-electron chi connectivity index (χ3n) is 5.65. The first kappa shape index (κ1) is 18.9. The molecule has 2 aromatic rings. The van der Waals surface area contributed by atoms with E-state index in [-0.39, 0.29) is 24.3 Å². The number of nitro benzene ring substituents is 1. The van der Waals surface area contributed by atoms with Crippen molar-refractivity contribution in [3.05, 3.63) is 69.3 Å². The Morgan fingerprint density at radius 3 is 2.52 bits per heavy atom. The Kier molecular flexibility index (Phi) is 4.92. The number of anilines is 1. The molecule has 0 spiro atoms. The molecule has 2 heterocycles. The maximum absolute atomic E-state index is 13.1. The Hall–Kier alpha value is -3.42. The minimum Gasteiger partial charge on any atom is -0.481 e. The van der Waals surface area contributed by atoms with Crippen LogP contribution in [0.25, 0.3) is 0 Å². The van der Waals surface area contributed by atoms with Gasteiger partial charge in [0, 0.05) is 37.8 Å². The van der Waals surface area contributed by atoms with Crippen molar-refractivity contribution in [1.29, 1.82) is 0 Å². The minimum atomic E-state index is -0.995. The molecule has 1 atom stereocenters. The number of benzene rings is 2. The molecule has 1 unspecified atom stereocenters. The number of carbonyl (C=O) groups is 2. The minimum absolute atomic E-state index is 0.0346. The van der Waals surface area contributed by atoms with E-state index in [4.69, 9.17) is 0 Å². The van der Waals surface area contributed by atoms with Gasteiger partial charge >= 0.3 is 5.97 Å². The highest BCUT2D eigenvalue weighted by Gasteiger charge is 2.33. The number of carboxylic acids is 1. The second-order valence-corrected chi connectivity index (χ2v) is 7.43. The summed E-state index contributed by atoms with van der Waals surface area (Å²) >= 11 is 0. The first-order valence-electron chi connectivity index (χ1n) is 9.59. The first-order valence-corrected chi connectivity index (χ1v) is 9.59. The standard InChI is InChI=1S/C21H21N3O5/c25-20(23-12-15-5-1-2-6-16(15)17(13-23)21(26)27)14-7-8-18(19(11-14)24(28)29)22-9-3-4-10-22/h1-2,5-8,11,17H,3-4,9-10,12-13H2,(H,26,27). The molecule has 2 aliphatic heterocycles. The lowest BCUT2D eigenvalue weighted by Gasteiger charge is -2.33. The summed E-state index contributed by atoms with van der Waals surface area (Å²) in [6.07, 6.45) is 1.98. The van der Waals surface area contributed by atoms with Gasteiger partial charge in [0.05, 0.1) is 10.8 Å². The van der Waals surface area contributed by atoms with Crippen molar-refractivity contribution in [2.24, 2.45) is 0 Å². The first-order chi connectivity index (χ1) is 14.0. The van der Waals surface area contributed by atoms with Crippen LogP contribution in [-0.2, 0) is 11.3 Å². The summed E-state index contributed by atoms with van der Waals surface area (Å²) in [7, 11) is 0. The van der Waals surface area contributed by atoms with Gasteiger partial charge in [-0.2, -0.15) is 0 Å². The third kappa shape index (κ3) is 3.53. The van der Waals surface area contributed by atoms with E-state index in [0.717, 1.165) is 31.5 Å². The Morgan fingerprint density at radius 1 is 1.10 bits per heavy atom. The zero-order valence-electron chi connectivity index (χ0n) is 15.8. The van der Waals surface area contributed by atoms with Gasteiger partial charge in [0.15, 0.2) is 0 Å². The van der Waals surface area contributed by atoms with Crippen LogP contribution >= 0.6 is 0 Å². The highest BCUT2D eigenvalue weighted by atomic mass is 16.6. The zero-order chi connectivity index (χ0) is 20.5. The molecule has 0 aliphatic carbocycles. The Balaban J connectivity index is 1.65. The molecule has 4 rings (SSSR count). The lowest BCUT2D eigenvalue weighted by atomic mass is 9.89. The summed E-state index contributed by atoms with van der Waals surface area (Å²) in [6, 6.07) is 11.7. The molecule has 2 aliphatic rings. The summed E-state index contributed by atoms with van der Waals surface area (Å²) in [4.78, 5) is 39.4. The number of aliphatic carboxylic acids is 1. The zero-order valence-corrected chi connectivity index (χ0v) is 15.8. The number of nitro groups is 1. The molecule has 0 aromatic heterocycles. The van der Waals surface area contributed by atoms with Crippen LogP contribution in [0.1, 0.15) is 40.2 Å². The SMILES string of the molecule is O=C(O)C1CN(C(=O)c2ccc(N3CCCC3)c([N+](=O)[O-])c2)Cc2ccccc21. The Labute approximate surface area is 167 Å². The maximum Gasteiger partial charge on any atom is 0.312 e. The molecule has 0 saturated carbocycles. The Bertz CT molecular complexity index is 984. The predicted molar refractivity (Wildman–Crippen MR) is 106 cm³/mol. The van der Waals surface area contributed by atoms with Crippen LogP contribution in [0.3, 0.4) is 0 Å². The molecule has 1 fully saturated rings. The number of amides is 1. The van der Waals surface area contributed by atoms with E-state index in [1.807, 2.05) is 11.0 Å². The van der Waals surface area contributed by atoms with Gasteiger partial charge in [-0.05, 0) is 36.1 Å². The van der Waals surface area contributed by atoms with Gasteiger partial charge in [0.1, 0.15) is 5.69 Å². The van der Waals surface area contributed by atoms with E-state index < -0.39 is 22.7 Å². The summed E-state index contributed by atoms with van der Waals surface area (Å²) in [5, 5.41) is 21.2. The van der Waals surface area contributed by atoms with Gasteiger partial charge in [-0.25, -0.2) is 0 Å². The lowest BCUT2D eigenvalue weighted by molar-refractivity contribution is -0.384. The number of fused-ring (bicyclic) bond motifs is 1. The van der Waals surface area contributed by atoms with Crippen molar-refractivity contribution in [2.45, 2.75) is 25.3 Å². The number of hydrogen-bond acceptors (Lipinski definition) is 5. The van der Waals surface area contributed by atoms with Gasteiger partial charge in [-0.1, -0.05) is 24.3 Å². The normalized spacial score (nSPS) is 18.4. The molecular weight excluding hydrogens is 374 g/mol. The molecule has 0 bridgehead atoms. The molecule has 1 saturated heterocycles. The van der Waals surface area contributed by atoms with Crippen LogP contribution in [0, 0.1) is 10.1 Å². The fourth-order valence-corrected chi connectivity index (χ4v) is 4.18. The smallest absolute Gasteiger partial charge is 0.312 e. The van der Waals surface area contributed by atoms with Crippen LogP contribution in [0.5, 0.6) is 0 Å². The van der Waals surface area contributed by atoms with Gasteiger partial charge in [-0.3, -0.25) is 19.7 Å². The quantitative estimate of drug-likeness (QED) is 0.630. The van der Waals surface area contributed by atoms with Crippen molar-refractivity contribution in [3.8, 4) is 0 Å². The molecule has 2 aromatic carbocycles. The van der Waals surface area contributed by atoms with E-state index in [0.29, 0.717) is 11.3 Å². The van der Waals surface area contributed by atoms with Crippen LogP contribution in [0.15, 0.2) is 42.5 Å². The second kappa shape index (κ2) is 7.54. The van der Waals surface area contributed by atoms with E-state index in [1.165, 1.54) is 11.0 Å². The van der Waals surface area contributed by atoms with Crippen LogP contribution in [0.4, 0.5) is 11.4 Å². The van der Waals surface area contributed by atoms with Crippen molar-refractivity contribution < 1.29 is 19.6 Å². The van der Waals surface area contributed by atoms with Gasteiger partial charge in [0.25, 0.3) is 11.6 Å². The van der Waals surface area contributed by atoms with E-state index in [1.54, 1.807) is 30.3 Å². The van der Waals surface area contributed by atoms with Crippen LogP contribution in [0.2, 0.25) is 0 Å². The molecule has 1 amide bonds. The number of hydrogen-bond donors (Lipinski definition) is 1. The second-order valence-electron chi connectivity index (χ2n) is 7.43. The Morgan fingerprint density at radius 2 is 1.83 bits per heavy atom. The lowest BCUT2D eigenvalue weighted by Crippen LogP contribution is -2.40.